The van der Waals surface area contributed by atoms with Gasteiger partial charge in [-0.3, -0.25) is 4.90 Å². The number of aromatic nitrogens is 2. The molecule has 27 heavy (non-hydrogen) atoms. The van der Waals surface area contributed by atoms with Crippen LogP contribution in [0.25, 0.3) is 10.2 Å². The Bertz CT molecular complexity index is 997. The maximum Gasteiger partial charge on any atom is 0.415 e. The van der Waals surface area contributed by atoms with E-state index in [4.69, 9.17) is 10.00 Å². The number of nitriles is 1. The lowest BCUT2D eigenvalue weighted by Gasteiger charge is -2.27. The van der Waals surface area contributed by atoms with Crippen LogP contribution in [0.2, 0.25) is 0 Å². The molecule has 1 amide bonds. The Kier molecular flexibility index (Phi) is 5.44. The lowest BCUT2D eigenvalue weighted by atomic mass is 10.2. The number of nitrogens with zero attached hydrogens (tertiary/aromatic N) is 4. The first kappa shape index (κ1) is 19.3. The van der Waals surface area contributed by atoms with Crippen molar-refractivity contribution in [2.75, 3.05) is 4.90 Å². The highest BCUT2D eigenvalue weighted by atomic mass is 32.1. The van der Waals surface area contributed by atoms with Crippen LogP contribution in [0.5, 0.6) is 0 Å². The predicted octanol–water partition coefficient (Wildman–Crippen LogP) is 5.07. The van der Waals surface area contributed by atoms with Gasteiger partial charge in [-0.15, -0.1) is 27.8 Å². The molecule has 0 spiro atoms. The second-order valence-electron chi connectivity index (χ2n) is 7.04. The number of fused-ring (bicyclic) bond motifs is 1. The fraction of sp³-hybridized carbons (Fsp3) is 0.368. The average molecular weight is 401 g/mol. The van der Waals surface area contributed by atoms with Crippen molar-refractivity contribution in [3.63, 3.8) is 0 Å². The highest BCUT2D eigenvalue weighted by Gasteiger charge is 2.27. The third kappa shape index (κ3) is 4.26. The van der Waals surface area contributed by atoms with Crippen LogP contribution in [0.15, 0.2) is 23.7 Å². The van der Waals surface area contributed by atoms with E-state index < -0.39 is 11.7 Å². The van der Waals surface area contributed by atoms with Gasteiger partial charge in [0.05, 0.1) is 35.6 Å². The first-order valence-corrected chi connectivity index (χ1v) is 10.1. The molecule has 3 aromatic rings. The Morgan fingerprint density at radius 1 is 1.41 bits per heavy atom. The summed E-state index contributed by atoms with van der Waals surface area (Å²) in [6.07, 6.45) is 1.47. The number of hydrogen-bond donors (Lipinski definition) is 0. The Morgan fingerprint density at radius 2 is 2.19 bits per heavy atom. The number of aryl methyl sites for hydroxylation is 1. The molecule has 0 fully saturated rings. The number of rotatable bonds is 4. The van der Waals surface area contributed by atoms with Crippen molar-refractivity contribution in [3.8, 4) is 6.07 Å². The quantitative estimate of drug-likeness (QED) is 0.611. The molecule has 0 saturated heterocycles. The Hall–Kier alpha value is -2.50. The van der Waals surface area contributed by atoms with Crippen molar-refractivity contribution in [3.05, 3.63) is 39.0 Å². The maximum atomic E-state index is 13.0. The minimum atomic E-state index is -0.609. The third-order valence-corrected chi connectivity index (χ3v) is 5.99. The average Bonchev–Trinajstić information content (AvgIpc) is 3.20. The van der Waals surface area contributed by atoms with Crippen LogP contribution in [-0.4, -0.2) is 21.9 Å². The molecule has 0 aliphatic carbocycles. The molecule has 140 valence electrons. The molecule has 0 aliphatic rings. The van der Waals surface area contributed by atoms with Crippen LogP contribution < -0.4 is 4.90 Å². The van der Waals surface area contributed by atoms with Crippen LogP contribution in [0.1, 0.15) is 36.1 Å². The summed E-state index contributed by atoms with van der Waals surface area (Å²) in [6.45, 7) is 7.84. The summed E-state index contributed by atoms with van der Waals surface area (Å²) in [5.74, 6) is 0. The van der Waals surface area contributed by atoms with Gasteiger partial charge in [0.15, 0.2) is 0 Å². The smallest absolute Gasteiger partial charge is 0.415 e. The van der Waals surface area contributed by atoms with Gasteiger partial charge >= 0.3 is 6.09 Å². The van der Waals surface area contributed by atoms with Crippen LogP contribution in [0.4, 0.5) is 10.5 Å². The lowest BCUT2D eigenvalue weighted by Crippen LogP contribution is -2.36. The Labute approximate surface area is 166 Å². The number of anilines is 1. The van der Waals surface area contributed by atoms with Crippen molar-refractivity contribution in [2.45, 2.75) is 46.3 Å². The van der Waals surface area contributed by atoms with E-state index in [0.29, 0.717) is 18.7 Å². The molecule has 0 aliphatic heterocycles. The first-order chi connectivity index (χ1) is 12.8. The molecular weight excluding hydrogens is 380 g/mol. The van der Waals surface area contributed by atoms with E-state index in [1.54, 1.807) is 22.4 Å². The normalized spacial score (nSPS) is 11.4. The van der Waals surface area contributed by atoms with E-state index in [2.05, 4.69) is 16.3 Å². The fourth-order valence-electron chi connectivity index (χ4n) is 2.60. The largest absolute Gasteiger partial charge is 0.443 e. The van der Waals surface area contributed by atoms with Crippen molar-refractivity contribution < 1.29 is 9.53 Å². The van der Waals surface area contributed by atoms with Crippen molar-refractivity contribution in [1.82, 2.24) is 10.2 Å². The van der Waals surface area contributed by atoms with Crippen LogP contribution in [-0.2, 0) is 17.7 Å². The lowest BCUT2D eigenvalue weighted by molar-refractivity contribution is 0.0578. The second kappa shape index (κ2) is 7.62. The first-order valence-electron chi connectivity index (χ1n) is 8.43. The monoisotopic (exact) mass is 400 g/mol. The summed E-state index contributed by atoms with van der Waals surface area (Å²) in [4.78, 5) is 16.5. The zero-order valence-corrected chi connectivity index (χ0v) is 17.3. The molecule has 3 aromatic heterocycles. The van der Waals surface area contributed by atoms with Gasteiger partial charge in [-0.25, -0.2) is 4.79 Å². The summed E-state index contributed by atoms with van der Waals surface area (Å²) in [7, 11) is 0. The predicted molar refractivity (Wildman–Crippen MR) is 108 cm³/mol. The maximum absolute atomic E-state index is 13.0. The Morgan fingerprint density at radius 3 is 2.81 bits per heavy atom. The molecule has 0 atom stereocenters. The number of carbonyl (C=O) groups is 1. The minimum Gasteiger partial charge on any atom is -0.443 e. The highest BCUT2D eigenvalue weighted by molar-refractivity contribution is 7.20. The van der Waals surface area contributed by atoms with E-state index in [-0.39, 0.29) is 0 Å². The fourth-order valence-corrected chi connectivity index (χ4v) is 4.48. The molecule has 0 aromatic carbocycles. The molecule has 8 heteroatoms. The van der Waals surface area contributed by atoms with Crippen molar-refractivity contribution in [1.29, 1.82) is 5.26 Å². The molecule has 0 bridgehead atoms. The van der Waals surface area contributed by atoms with E-state index in [0.717, 1.165) is 25.5 Å². The second-order valence-corrected chi connectivity index (χ2v) is 9.18. The number of ether oxygens (including phenoxy) is 1. The van der Waals surface area contributed by atoms with Crippen LogP contribution in [0.3, 0.4) is 0 Å². The number of thiophene rings is 2. The summed E-state index contributed by atoms with van der Waals surface area (Å²) in [6, 6.07) is 6.12. The van der Waals surface area contributed by atoms with Gasteiger partial charge in [-0.05, 0) is 44.7 Å². The standard InChI is InChI=1S/C19H20N4O2S2/c1-12-15(7-8-20)27-17-14(10-21-22-16(12)17)23(11-13-6-5-9-26-13)18(24)25-19(2,3)4/h5-6,9-10H,7,11H2,1-4H3. The summed E-state index contributed by atoms with van der Waals surface area (Å²) >= 11 is 3.06. The number of hydrogen-bond acceptors (Lipinski definition) is 7. The molecule has 6 nitrogen and oxygen atoms in total. The summed E-state index contributed by atoms with van der Waals surface area (Å²) in [5.41, 5.74) is 1.70. The van der Waals surface area contributed by atoms with Gasteiger partial charge in [-0.1, -0.05) is 6.07 Å². The van der Waals surface area contributed by atoms with Gasteiger partial charge in [0.25, 0.3) is 0 Å². The number of amides is 1. The van der Waals surface area contributed by atoms with E-state index in [1.807, 2.05) is 45.2 Å². The van der Waals surface area contributed by atoms with E-state index in [1.165, 1.54) is 11.3 Å². The number of carbonyl (C=O) groups excluding carboxylic acids is 1. The van der Waals surface area contributed by atoms with Gasteiger partial charge < -0.3 is 4.74 Å². The zero-order valence-electron chi connectivity index (χ0n) is 15.6. The van der Waals surface area contributed by atoms with Gasteiger partial charge in [0.2, 0.25) is 0 Å². The van der Waals surface area contributed by atoms with Gasteiger partial charge in [0, 0.05) is 9.75 Å². The molecule has 0 saturated carbocycles. The Balaban J connectivity index is 2.09. The summed E-state index contributed by atoms with van der Waals surface area (Å²) in [5, 5.41) is 19.4. The molecule has 0 radical (unpaired) electrons. The molecule has 3 heterocycles. The van der Waals surface area contributed by atoms with Crippen LogP contribution in [0, 0.1) is 18.3 Å². The SMILES string of the molecule is Cc1c(CC#N)sc2c(N(Cc3cccs3)C(=O)OC(C)(C)C)cnnc12. The van der Waals surface area contributed by atoms with Crippen molar-refractivity contribution >= 4 is 44.7 Å². The third-order valence-electron chi connectivity index (χ3n) is 3.82. The van der Waals surface area contributed by atoms with E-state index in [9.17, 15) is 4.79 Å². The van der Waals surface area contributed by atoms with Crippen molar-refractivity contribution in [2.24, 2.45) is 0 Å². The molecular formula is C19H20N4O2S2. The molecule has 0 N–H and O–H groups in total. The summed E-state index contributed by atoms with van der Waals surface area (Å²) < 4.78 is 6.47. The van der Waals surface area contributed by atoms with Gasteiger partial charge in [-0.2, -0.15) is 10.4 Å². The molecule has 0 unspecified atom stereocenters. The van der Waals surface area contributed by atoms with Gasteiger partial charge in [0.1, 0.15) is 11.1 Å². The van der Waals surface area contributed by atoms with E-state index >= 15 is 0 Å². The topological polar surface area (TPSA) is 79.1 Å². The molecule has 3 rings (SSSR count). The zero-order chi connectivity index (χ0) is 19.6. The minimum absolute atomic E-state index is 0.309. The highest BCUT2D eigenvalue weighted by Crippen LogP contribution is 2.37. The van der Waals surface area contributed by atoms with Crippen LogP contribution >= 0.6 is 22.7 Å².